The van der Waals surface area contributed by atoms with Crippen molar-refractivity contribution in [3.8, 4) is 11.1 Å². The molecule has 184 valence electrons. The molecule has 0 fully saturated rings. The van der Waals surface area contributed by atoms with Gasteiger partial charge in [-0.25, -0.2) is 9.59 Å². The number of nitrogens with zero attached hydrogens (tertiary/aromatic N) is 1. The lowest BCUT2D eigenvalue weighted by Crippen LogP contribution is -2.45. The van der Waals surface area contributed by atoms with E-state index in [-0.39, 0.29) is 12.0 Å². The first-order valence-corrected chi connectivity index (χ1v) is 11.5. The van der Waals surface area contributed by atoms with Crippen molar-refractivity contribution in [2.24, 2.45) is 0 Å². The molecule has 7 nitrogen and oxygen atoms in total. The first-order chi connectivity index (χ1) is 16.6. The lowest BCUT2D eigenvalue weighted by Gasteiger charge is -2.22. The van der Waals surface area contributed by atoms with Gasteiger partial charge < -0.3 is 19.4 Å². The minimum Gasteiger partial charge on any atom is -0.467 e. The van der Waals surface area contributed by atoms with Crippen LogP contribution in [0.5, 0.6) is 0 Å². The maximum absolute atomic E-state index is 13.1. The van der Waals surface area contributed by atoms with Gasteiger partial charge in [0.2, 0.25) is 0 Å². The number of aromatic nitrogens is 1. The molecule has 0 spiro atoms. The number of benzene rings is 2. The van der Waals surface area contributed by atoms with E-state index in [4.69, 9.17) is 21.1 Å². The standard InChI is InChI=1S/C27H29ClN2O5/c1-27(2,3)35-26(33)29-23(25(32)34-4)14-18-10-12-20(13-11-18)22-15-21(28)17-30(24(22)31)16-19-8-6-5-7-9-19/h5-13,15,17,23H,14,16H2,1-4H3,(H,29,33)/t23-/m0/s1. The van der Waals surface area contributed by atoms with Crippen molar-refractivity contribution in [1.29, 1.82) is 0 Å². The zero-order chi connectivity index (χ0) is 25.6. The number of carbonyl (C=O) groups excluding carboxylic acids is 2. The van der Waals surface area contributed by atoms with E-state index in [1.54, 1.807) is 61.9 Å². The van der Waals surface area contributed by atoms with Crippen LogP contribution >= 0.6 is 11.6 Å². The molecule has 0 saturated carbocycles. The van der Waals surface area contributed by atoms with E-state index >= 15 is 0 Å². The van der Waals surface area contributed by atoms with E-state index in [1.807, 2.05) is 30.3 Å². The van der Waals surface area contributed by atoms with Crippen LogP contribution in [0.15, 0.2) is 71.7 Å². The van der Waals surface area contributed by atoms with Gasteiger partial charge in [0.15, 0.2) is 0 Å². The summed E-state index contributed by atoms with van der Waals surface area (Å²) < 4.78 is 11.7. The lowest BCUT2D eigenvalue weighted by molar-refractivity contribution is -0.143. The van der Waals surface area contributed by atoms with Crippen molar-refractivity contribution in [3.05, 3.63) is 93.4 Å². The number of rotatable bonds is 7. The number of ether oxygens (including phenoxy) is 2. The smallest absolute Gasteiger partial charge is 0.408 e. The van der Waals surface area contributed by atoms with E-state index in [9.17, 15) is 14.4 Å². The highest BCUT2D eigenvalue weighted by Crippen LogP contribution is 2.21. The van der Waals surface area contributed by atoms with Crippen LogP contribution < -0.4 is 10.9 Å². The minimum atomic E-state index is -0.921. The summed E-state index contributed by atoms with van der Waals surface area (Å²) in [6, 6.07) is 17.5. The van der Waals surface area contributed by atoms with E-state index in [0.29, 0.717) is 22.7 Å². The van der Waals surface area contributed by atoms with Crippen LogP contribution in [0.3, 0.4) is 0 Å². The van der Waals surface area contributed by atoms with Crippen LogP contribution in [0.25, 0.3) is 11.1 Å². The molecular formula is C27H29ClN2O5. The Hall–Kier alpha value is -3.58. The molecule has 0 bridgehead atoms. The first-order valence-electron chi connectivity index (χ1n) is 11.2. The van der Waals surface area contributed by atoms with Crippen LogP contribution in [-0.4, -0.2) is 35.4 Å². The second kappa shape index (κ2) is 11.2. The predicted molar refractivity (Wildman–Crippen MR) is 136 cm³/mol. The topological polar surface area (TPSA) is 86.6 Å². The predicted octanol–water partition coefficient (Wildman–Crippen LogP) is 4.83. The number of esters is 1. The van der Waals surface area contributed by atoms with Gasteiger partial charge in [0, 0.05) is 18.2 Å². The molecule has 1 heterocycles. The van der Waals surface area contributed by atoms with Gasteiger partial charge in [-0.15, -0.1) is 0 Å². The third-order valence-electron chi connectivity index (χ3n) is 5.13. The van der Waals surface area contributed by atoms with Gasteiger partial charge in [-0.1, -0.05) is 66.2 Å². The zero-order valence-corrected chi connectivity index (χ0v) is 21.0. The van der Waals surface area contributed by atoms with Crippen LogP contribution in [0, 0.1) is 0 Å². The Balaban J connectivity index is 1.80. The first kappa shape index (κ1) is 26.0. The Labute approximate surface area is 209 Å². The number of pyridine rings is 1. The highest BCUT2D eigenvalue weighted by atomic mass is 35.5. The molecule has 1 amide bonds. The Morgan fingerprint density at radius 1 is 1.03 bits per heavy atom. The van der Waals surface area contributed by atoms with Crippen LogP contribution in [0.2, 0.25) is 5.02 Å². The van der Waals surface area contributed by atoms with E-state index in [1.165, 1.54) is 7.11 Å². The van der Waals surface area contributed by atoms with Gasteiger partial charge in [-0.3, -0.25) is 4.79 Å². The highest BCUT2D eigenvalue weighted by molar-refractivity contribution is 6.30. The average Bonchev–Trinajstić information content (AvgIpc) is 2.80. The van der Waals surface area contributed by atoms with Gasteiger partial charge in [-0.05, 0) is 43.5 Å². The normalized spacial score (nSPS) is 12.0. The van der Waals surface area contributed by atoms with Crippen molar-refractivity contribution in [3.63, 3.8) is 0 Å². The van der Waals surface area contributed by atoms with Crippen molar-refractivity contribution < 1.29 is 19.1 Å². The van der Waals surface area contributed by atoms with Crippen molar-refractivity contribution in [2.45, 2.75) is 45.4 Å². The molecule has 0 unspecified atom stereocenters. The molecule has 0 radical (unpaired) electrons. The molecule has 0 aliphatic heterocycles. The maximum Gasteiger partial charge on any atom is 0.408 e. The molecule has 3 rings (SSSR count). The number of carbonyl (C=O) groups is 2. The lowest BCUT2D eigenvalue weighted by atomic mass is 10.0. The molecule has 3 aromatic rings. The Kier molecular flexibility index (Phi) is 8.35. The SMILES string of the molecule is COC(=O)[C@H](Cc1ccc(-c2cc(Cl)cn(Cc3ccccc3)c2=O)cc1)NC(=O)OC(C)(C)C. The van der Waals surface area contributed by atoms with Crippen molar-refractivity contribution in [1.82, 2.24) is 9.88 Å². The fraction of sp³-hybridized carbons (Fsp3) is 0.296. The monoisotopic (exact) mass is 496 g/mol. The number of hydrogen-bond acceptors (Lipinski definition) is 5. The molecule has 35 heavy (non-hydrogen) atoms. The van der Waals surface area contributed by atoms with Crippen LogP contribution in [-0.2, 0) is 27.2 Å². The third-order valence-corrected chi connectivity index (χ3v) is 5.34. The average molecular weight is 497 g/mol. The Morgan fingerprint density at radius 2 is 1.69 bits per heavy atom. The number of alkyl carbamates (subject to hydrolysis) is 1. The molecule has 0 saturated heterocycles. The van der Waals surface area contributed by atoms with E-state index in [0.717, 1.165) is 11.1 Å². The van der Waals surface area contributed by atoms with Gasteiger partial charge in [0.25, 0.3) is 5.56 Å². The van der Waals surface area contributed by atoms with Gasteiger partial charge in [0.1, 0.15) is 11.6 Å². The van der Waals surface area contributed by atoms with Crippen LogP contribution in [0.4, 0.5) is 4.79 Å². The zero-order valence-electron chi connectivity index (χ0n) is 20.2. The number of hydrogen-bond donors (Lipinski definition) is 1. The Bertz CT molecular complexity index is 1230. The highest BCUT2D eigenvalue weighted by Gasteiger charge is 2.25. The number of halogens is 1. The fourth-order valence-corrected chi connectivity index (χ4v) is 3.77. The summed E-state index contributed by atoms with van der Waals surface area (Å²) >= 11 is 6.32. The second-order valence-corrected chi connectivity index (χ2v) is 9.55. The van der Waals surface area contributed by atoms with E-state index < -0.39 is 23.7 Å². The van der Waals surface area contributed by atoms with Gasteiger partial charge >= 0.3 is 12.1 Å². The molecule has 2 aromatic carbocycles. The van der Waals surface area contributed by atoms with Crippen LogP contribution in [0.1, 0.15) is 31.9 Å². The van der Waals surface area contributed by atoms with Gasteiger partial charge in [0.05, 0.1) is 18.7 Å². The quantitative estimate of drug-likeness (QED) is 0.474. The second-order valence-electron chi connectivity index (χ2n) is 9.11. The summed E-state index contributed by atoms with van der Waals surface area (Å²) in [6.45, 7) is 5.62. The largest absolute Gasteiger partial charge is 0.467 e. The molecule has 1 N–H and O–H groups in total. The molecule has 1 atom stereocenters. The summed E-state index contributed by atoms with van der Waals surface area (Å²) in [5.74, 6) is -0.585. The third kappa shape index (κ3) is 7.45. The maximum atomic E-state index is 13.1. The van der Waals surface area contributed by atoms with E-state index in [2.05, 4.69) is 5.32 Å². The fourth-order valence-electron chi connectivity index (χ4n) is 3.54. The number of methoxy groups -OCH3 is 1. The minimum absolute atomic E-state index is 0.162. The summed E-state index contributed by atoms with van der Waals surface area (Å²) in [5.41, 5.74) is 2.06. The molecule has 0 aliphatic rings. The number of nitrogens with one attached hydrogen (secondary N) is 1. The summed E-state index contributed by atoms with van der Waals surface area (Å²) in [5, 5.41) is 3.01. The molecule has 8 heteroatoms. The molecule has 0 aliphatic carbocycles. The van der Waals surface area contributed by atoms with Gasteiger partial charge in [-0.2, -0.15) is 0 Å². The summed E-state index contributed by atoms with van der Waals surface area (Å²) in [4.78, 5) is 37.5. The van der Waals surface area contributed by atoms with Crippen molar-refractivity contribution >= 4 is 23.7 Å². The Morgan fingerprint density at radius 3 is 2.29 bits per heavy atom. The molecule has 1 aromatic heterocycles. The summed E-state index contributed by atoms with van der Waals surface area (Å²) in [6.07, 6.45) is 1.11. The van der Waals surface area contributed by atoms with Crippen molar-refractivity contribution in [2.75, 3.05) is 7.11 Å². The molecular weight excluding hydrogens is 468 g/mol. The summed E-state index contributed by atoms with van der Waals surface area (Å²) in [7, 11) is 1.26. The number of amides is 1.